The molecule has 1 amide bonds. The Kier molecular flexibility index (Phi) is 7.85. The van der Waals surface area contributed by atoms with E-state index in [2.05, 4.69) is 10.0 Å². The van der Waals surface area contributed by atoms with Gasteiger partial charge in [-0.15, -0.1) is 0 Å². The van der Waals surface area contributed by atoms with Crippen LogP contribution < -0.4 is 10.0 Å². The molecular formula is C16H23ClN2O5S. The molecule has 1 aromatic carbocycles. The molecule has 9 heteroatoms. The standard InChI is InChI=1S/C16H23ClN2O5S/c1-10(2)15(16(21)24-9-14(20)18-11(3)4)19-25(22,23)13-7-5-6-12(17)8-13/h5-8,10-11,15,19H,9H2,1-4H3,(H,18,20)/t15-/m0/s1. The quantitative estimate of drug-likeness (QED) is 0.658. The SMILES string of the molecule is CC(C)NC(=O)COC(=O)[C@@H](NS(=O)(=O)c1cccc(Cl)c1)C(C)C. The molecule has 0 aliphatic rings. The number of benzene rings is 1. The average molecular weight is 391 g/mol. The van der Waals surface area contributed by atoms with E-state index in [1.165, 1.54) is 18.2 Å². The van der Waals surface area contributed by atoms with Crippen molar-refractivity contribution in [3.63, 3.8) is 0 Å². The minimum atomic E-state index is -3.97. The maximum atomic E-state index is 12.4. The van der Waals surface area contributed by atoms with Gasteiger partial charge in [-0.2, -0.15) is 4.72 Å². The maximum Gasteiger partial charge on any atom is 0.324 e. The summed E-state index contributed by atoms with van der Waals surface area (Å²) in [7, 11) is -3.97. The number of amides is 1. The van der Waals surface area contributed by atoms with Crippen molar-refractivity contribution in [2.45, 2.75) is 44.7 Å². The molecule has 0 bridgehead atoms. The molecule has 0 heterocycles. The van der Waals surface area contributed by atoms with Crippen LogP contribution in [0.3, 0.4) is 0 Å². The predicted molar refractivity (Wildman–Crippen MR) is 94.6 cm³/mol. The molecule has 0 aliphatic carbocycles. The van der Waals surface area contributed by atoms with Gasteiger partial charge in [0, 0.05) is 11.1 Å². The van der Waals surface area contributed by atoms with Crippen molar-refractivity contribution in [2.75, 3.05) is 6.61 Å². The maximum absolute atomic E-state index is 12.4. The van der Waals surface area contributed by atoms with Crippen LogP contribution in [0.5, 0.6) is 0 Å². The number of halogens is 1. The van der Waals surface area contributed by atoms with Gasteiger partial charge in [-0.3, -0.25) is 9.59 Å². The molecule has 140 valence electrons. The van der Waals surface area contributed by atoms with Crippen LogP contribution in [-0.4, -0.2) is 39.0 Å². The zero-order valence-electron chi connectivity index (χ0n) is 14.6. The summed E-state index contributed by atoms with van der Waals surface area (Å²) >= 11 is 5.81. The van der Waals surface area contributed by atoms with Crippen molar-refractivity contribution in [3.8, 4) is 0 Å². The Hall–Kier alpha value is -1.64. The molecule has 0 saturated carbocycles. The Morgan fingerprint density at radius 3 is 2.36 bits per heavy atom. The smallest absolute Gasteiger partial charge is 0.324 e. The van der Waals surface area contributed by atoms with Crippen LogP contribution in [0.15, 0.2) is 29.2 Å². The van der Waals surface area contributed by atoms with E-state index in [1.54, 1.807) is 33.8 Å². The molecule has 1 atom stereocenters. The first-order chi connectivity index (χ1) is 11.5. The number of carbonyl (C=O) groups is 2. The molecule has 0 radical (unpaired) electrons. The first kappa shape index (κ1) is 21.4. The van der Waals surface area contributed by atoms with Gasteiger partial charge in [-0.05, 0) is 38.0 Å². The van der Waals surface area contributed by atoms with Crippen molar-refractivity contribution >= 4 is 33.5 Å². The van der Waals surface area contributed by atoms with E-state index in [4.69, 9.17) is 16.3 Å². The number of hydrogen-bond donors (Lipinski definition) is 2. The predicted octanol–water partition coefficient (Wildman–Crippen LogP) is 1.71. The molecule has 25 heavy (non-hydrogen) atoms. The molecule has 0 spiro atoms. The van der Waals surface area contributed by atoms with E-state index < -0.39 is 34.5 Å². The van der Waals surface area contributed by atoms with Crippen LogP contribution in [0.25, 0.3) is 0 Å². The first-order valence-corrected chi connectivity index (χ1v) is 9.63. The van der Waals surface area contributed by atoms with Gasteiger partial charge < -0.3 is 10.1 Å². The average Bonchev–Trinajstić information content (AvgIpc) is 2.49. The molecule has 0 aliphatic heterocycles. The molecule has 7 nitrogen and oxygen atoms in total. The summed E-state index contributed by atoms with van der Waals surface area (Å²) in [4.78, 5) is 23.7. The summed E-state index contributed by atoms with van der Waals surface area (Å²) in [6, 6.07) is 4.47. The van der Waals surface area contributed by atoms with Gasteiger partial charge in [0.05, 0.1) is 4.90 Å². The Bertz CT molecular complexity index is 719. The third-order valence-electron chi connectivity index (χ3n) is 3.10. The van der Waals surface area contributed by atoms with Gasteiger partial charge in [-0.25, -0.2) is 8.42 Å². The van der Waals surface area contributed by atoms with Crippen LogP contribution in [0, 0.1) is 5.92 Å². The van der Waals surface area contributed by atoms with E-state index >= 15 is 0 Å². The van der Waals surface area contributed by atoms with Crippen molar-refractivity contribution in [2.24, 2.45) is 5.92 Å². The van der Waals surface area contributed by atoms with Crippen molar-refractivity contribution in [1.82, 2.24) is 10.0 Å². The Morgan fingerprint density at radius 1 is 1.20 bits per heavy atom. The van der Waals surface area contributed by atoms with Gasteiger partial charge in [-0.1, -0.05) is 31.5 Å². The minimum absolute atomic E-state index is 0.0593. The highest BCUT2D eigenvalue weighted by molar-refractivity contribution is 7.89. The molecule has 0 saturated heterocycles. The van der Waals surface area contributed by atoms with Crippen LogP contribution in [-0.2, 0) is 24.3 Å². The summed E-state index contributed by atoms with van der Waals surface area (Å²) in [6.45, 7) is 6.41. The second-order valence-corrected chi connectivity index (χ2v) is 8.28. The molecule has 0 unspecified atom stereocenters. The van der Waals surface area contributed by atoms with Crippen LogP contribution in [0.4, 0.5) is 0 Å². The number of esters is 1. The van der Waals surface area contributed by atoms with Gasteiger partial charge in [0.15, 0.2) is 6.61 Å². The van der Waals surface area contributed by atoms with E-state index in [1.807, 2.05) is 0 Å². The normalized spacial score (nSPS) is 12.9. The van der Waals surface area contributed by atoms with Gasteiger partial charge in [0.2, 0.25) is 10.0 Å². The third kappa shape index (κ3) is 7.01. The molecular weight excluding hydrogens is 368 g/mol. The number of rotatable bonds is 8. The van der Waals surface area contributed by atoms with Crippen LogP contribution in [0.1, 0.15) is 27.7 Å². The Morgan fingerprint density at radius 2 is 1.84 bits per heavy atom. The van der Waals surface area contributed by atoms with Crippen LogP contribution >= 0.6 is 11.6 Å². The summed E-state index contributed by atoms with van der Waals surface area (Å²) < 4.78 is 32.1. The molecule has 0 fully saturated rings. The fraction of sp³-hybridized carbons (Fsp3) is 0.500. The second kappa shape index (κ2) is 9.17. The van der Waals surface area contributed by atoms with E-state index in [-0.39, 0.29) is 21.9 Å². The Balaban J connectivity index is 2.83. The number of ether oxygens (including phenoxy) is 1. The van der Waals surface area contributed by atoms with E-state index in [0.29, 0.717) is 0 Å². The van der Waals surface area contributed by atoms with Gasteiger partial charge >= 0.3 is 5.97 Å². The third-order valence-corrected chi connectivity index (χ3v) is 4.78. The number of sulfonamides is 1. The highest BCUT2D eigenvalue weighted by Crippen LogP contribution is 2.17. The van der Waals surface area contributed by atoms with Crippen molar-refractivity contribution in [3.05, 3.63) is 29.3 Å². The lowest BCUT2D eigenvalue weighted by molar-refractivity contribution is -0.151. The lowest BCUT2D eigenvalue weighted by atomic mass is 10.1. The molecule has 1 rings (SSSR count). The summed E-state index contributed by atoms with van der Waals surface area (Å²) in [6.07, 6.45) is 0. The van der Waals surface area contributed by atoms with Gasteiger partial charge in [0.25, 0.3) is 5.91 Å². The summed E-state index contributed by atoms with van der Waals surface area (Å²) in [5.41, 5.74) is 0. The zero-order valence-corrected chi connectivity index (χ0v) is 16.1. The highest BCUT2D eigenvalue weighted by atomic mass is 35.5. The highest BCUT2D eigenvalue weighted by Gasteiger charge is 2.30. The molecule has 0 aromatic heterocycles. The number of nitrogens with one attached hydrogen (secondary N) is 2. The Labute approximate surface area is 153 Å². The summed E-state index contributed by atoms with van der Waals surface area (Å²) in [5.74, 6) is -1.65. The number of hydrogen-bond acceptors (Lipinski definition) is 5. The fourth-order valence-electron chi connectivity index (χ4n) is 1.92. The van der Waals surface area contributed by atoms with E-state index in [9.17, 15) is 18.0 Å². The largest absolute Gasteiger partial charge is 0.454 e. The van der Waals surface area contributed by atoms with Crippen molar-refractivity contribution < 1.29 is 22.7 Å². The first-order valence-electron chi connectivity index (χ1n) is 7.77. The lowest BCUT2D eigenvalue weighted by Crippen LogP contribution is -2.46. The molecule has 2 N–H and O–H groups in total. The lowest BCUT2D eigenvalue weighted by Gasteiger charge is -2.21. The topological polar surface area (TPSA) is 102 Å². The monoisotopic (exact) mass is 390 g/mol. The summed E-state index contributed by atoms with van der Waals surface area (Å²) in [5, 5.41) is 2.84. The molecule has 1 aromatic rings. The minimum Gasteiger partial charge on any atom is -0.454 e. The second-order valence-electron chi connectivity index (χ2n) is 6.13. The van der Waals surface area contributed by atoms with E-state index in [0.717, 1.165) is 0 Å². The van der Waals surface area contributed by atoms with Crippen molar-refractivity contribution in [1.29, 1.82) is 0 Å². The van der Waals surface area contributed by atoms with Gasteiger partial charge in [0.1, 0.15) is 6.04 Å². The fourth-order valence-corrected chi connectivity index (χ4v) is 3.55. The van der Waals surface area contributed by atoms with Crippen LogP contribution in [0.2, 0.25) is 5.02 Å². The zero-order chi connectivity index (χ0) is 19.2. The number of carbonyl (C=O) groups excluding carboxylic acids is 2.